The first-order valence-electron chi connectivity index (χ1n) is 9.14. The number of nitrogens with zero attached hydrogens (tertiary/aromatic N) is 2. The maximum absolute atomic E-state index is 12.1. The van der Waals surface area contributed by atoms with E-state index in [-0.39, 0.29) is 18.6 Å². The van der Waals surface area contributed by atoms with E-state index >= 15 is 0 Å². The molecular formula is C19H23N3O5S. The number of carbonyl (C=O) groups excluding carboxylic acids is 2. The minimum atomic E-state index is -0.323. The molecule has 8 nitrogen and oxygen atoms in total. The van der Waals surface area contributed by atoms with Crippen LogP contribution in [0, 0.1) is 0 Å². The number of thiazole rings is 1. The monoisotopic (exact) mass is 405 g/mol. The second-order valence-electron chi connectivity index (χ2n) is 6.00. The Kier molecular flexibility index (Phi) is 6.70. The van der Waals surface area contributed by atoms with Crippen molar-refractivity contribution in [1.29, 1.82) is 0 Å². The average Bonchev–Trinajstić information content (AvgIpc) is 3.09. The third kappa shape index (κ3) is 5.13. The predicted octanol–water partition coefficient (Wildman–Crippen LogP) is 3.07. The van der Waals surface area contributed by atoms with Crippen molar-refractivity contribution in [2.45, 2.75) is 26.8 Å². The molecule has 0 fully saturated rings. The standard InChI is InChI=1S/C19H23N3O5S/c1-3-25-13-5-7-14(8-6-13)27-12-17(23)21-18-20-15-9-10-22(11-16(15)28-18)19(24)26-4-2/h5-8H,3-4,9-12H2,1-2H3,(H,20,21,23). The summed E-state index contributed by atoms with van der Waals surface area (Å²) in [6.45, 7) is 5.53. The average molecular weight is 405 g/mol. The van der Waals surface area contributed by atoms with Crippen LogP contribution in [0.4, 0.5) is 9.93 Å². The third-order valence-corrected chi connectivity index (χ3v) is 5.01. The van der Waals surface area contributed by atoms with Gasteiger partial charge in [0.15, 0.2) is 11.7 Å². The number of anilines is 1. The van der Waals surface area contributed by atoms with Crippen LogP contribution in [0.5, 0.6) is 11.5 Å². The summed E-state index contributed by atoms with van der Waals surface area (Å²) >= 11 is 1.37. The summed E-state index contributed by atoms with van der Waals surface area (Å²) < 4.78 is 15.9. The fourth-order valence-electron chi connectivity index (χ4n) is 2.72. The Morgan fingerprint density at radius 1 is 1.14 bits per heavy atom. The molecule has 0 spiro atoms. The van der Waals surface area contributed by atoms with E-state index in [1.807, 2.05) is 6.92 Å². The zero-order valence-electron chi connectivity index (χ0n) is 15.9. The van der Waals surface area contributed by atoms with Gasteiger partial charge in [-0.2, -0.15) is 0 Å². The number of nitrogens with one attached hydrogen (secondary N) is 1. The van der Waals surface area contributed by atoms with Crippen molar-refractivity contribution < 1.29 is 23.8 Å². The SMILES string of the molecule is CCOC(=O)N1CCc2nc(NC(=O)COc3ccc(OCC)cc3)sc2C1. The van der Waals surface area contributed by atoms with Crippen molar-refractivity contribution in [3.8, 4) is 11.5 Å². The number of fused-ring (bicyclic) bond motifs is 1. The molecule has 1 aliphatic heterocycles. The lowest BCUT2D eigenvalue weighted by molar-refractivity contribution is -0.118. The number of carbonyl (C=O) groups is 2. The van der Waals surface area contributed by atoms with Crippen LogP contribution in [-0.2, 0) is 22.5 Å². The van der Waals surface area contributed by atoms with E-state index in [9.17, 15) is 9.59 Å². The molecule has 1 N–H and O–H groups in total. The van der Waals surface area contributed by atoms with Gasteiger partial charge < -0.3 is 19.1 Å². The zero-order chi connectivity index (χ0) is 19.9. The van der Waals surface area contributed by atoms with E-state index in [2.05, 4.69) is 10.3 Å². The molecule has 3 rings (SSSR count). The highest BCUT2D eigenvalue weighted by atomic mass is 32.1. The predicted molar refractivity (Wildman–Crippen MR) is 105 cm³/mol. The number of ether oxygens (including phenoxy) is 3. The molecule has 1 aliphatic rings. The van der Waals surface area contributed by atoms with Crippen molar-refractivity contribution in [2.75, 3.05) is 31.7 Å². The quantitative estimate of drug-likeness (QED) is 0.761. The highest BCUT2D eigenvalue weighted by Gasteiger charge is 2.25. The second-order valence-corrected chi connectivity index (χ2v) is 7.08. The Balaban J connectivity index is 1.50. The van der Waals surface area contributed by atoms with Gasteiger partial charge in [0.2, 0.25) is 0 Å². The highest BCUT2D eigenvalue weighted by Crippen LogP contribution is 2.28. The van der Waals surface area contributed by atoms with Gasteiger partial charge in [0.25, 0.3) is 5.91 Å². The van der Waals surface area contributed by atoms with Gasteiger partial charge in [-0.3, -0.25) is 10.1 Å². The Morgan fingerprint density at radius 2 is 1.86 bits per heavy atom. The second kappa shape index (κ2) is 9.41. The van der Waals surface area contributed by atoms with Crippen LogP contribution in [-0.4, -0.2) is 48.2 Å². The number of rotatable bonds is 7. The fourth-order valence-corrected chi connectivity index (χ4v) is 3.76. The van der Waals surface area contributed by atoms with E-state index < -0.39 is 0 Å². The van der Waals surface area contributed by atoms with Crippen LogP contribution in [0.2, 0.25) is 0 Å². The van der Waals surface area contributed by atoms with Crippen LogP contribution < -0.4 is 14.8 Å². The third-order valence-electron chi connectivity index (χ3n) is 4.01. The topological polar surface area (TPSA) is 90.0 Å². The van der Waals surface area contributed by atoms with Gasteiger partial charge in [-0.25, -0.2) is 9.78 Å². The van der Waals surface area contributed by atoms with Crippen LogP contribution >= 0.6 is 11.3 Å². The van der Waals surface area contributed by atoms with Gasteiger partial charge in [0, 0.05) is 17.8 Å². The molecule has 2 aromatic rings. The summed E-state index contributed by atoms with van der Waals surface area (Å²) in [5, 5.41) is 3.26. The van der Waals surface area contributed by atoms with Crippen LogP contribution in [0.25, 0.3) is 0 Å². The molecule has 0 bridgehead atoms. The first-order chi connectivity index (χ1) is 13.6. The fraction of sp³-hybridized carbons (Fsp3) is 0.421. The molecule has 0 unspecified atom stereocenters. The summed E-state index contributed by atoms with van der Waals surface area (Å²) in [6, 6.07) is 7.09. The summed E-state index contributed by atoms with van der Waals surface area (Å²) in [6.07, 6.45) is 0.319. The number of aromatic nitrogens is 1. The largest absolute Gasteiger partial charge is 0.494 e. The summed E-state index contributed by atoms with van der Waals surface area (Å²) in [4.78, 5) is 31.1. The Morgan fingerprint density at radius 3 is 2.54 bits per heavy atom. The minimum Gasteiger partial charge on any atom is -0.494 e. The van der Waals surface area contributed by atoms with E-state index in [1.54, 1.807) is 36.1 Å². The molecule has 0 aliphatic carbocycles. The Hall–Kier alpha value is -2.81. The maximum Gasteiger partial charge on any atom is 0.410 e. The maximum atomic E-state index is 12.1. The molecule has 0 saturated heterocycles. The summed E-state index contributed by atoms with van der Waals surface area (Å²) in [5.74, 6) is 1.05. The summed E-state index contributed by atoms with van der Waals surface area (Å²) in [7, 11) is 0. The van der Waals surface area contributed by atoms with E-state index in [1.165, 1.54) is 11.3 Å². The molecule has 1 aromatic heterocycles. The van der Waals surface area contributed by atoms with Crippen LogP contribution in [0.15, 0.2) is 24.3 Å². The molecule has 0 radical (unpaired) electrons. The van der Waals surface area contributed by atoms with E-state index in [0.717, 1.165) is 16.3 Å². The molecule has 9 heteroatoms. The van der Waals surface area contributed by atoms with Gasteiger partial charge in [-0.1, -0.05) is 11.3 Å². The molecule has 2 heterocycles. The zero-order valence-corrected chi connectivity index (χ0v) is 16.7. The molecule has 1 aromatic carbocycles. The number of hydrogen-bond acceptors (Lipinski definition) is 7. The molecule has 0 atom stereocenters. The molecule has 2 amide bonds. The van der Waals surface area contributed by atoms with Crippen molar-refractivity contribution in [3.05, 3.63) is 34.8 Å². The van der Waals surface area contributed by atoms with E-state index in [4.69, 9.17) is 14.2 Å². The molecular weight excluding hydrogens is 382 g/mol. The first-order valence-corrected chi connectivity index (χ1v) is 9.96. The van der Waals surface area contributed by atoms with Gasteiger partial charge >= 0.3 is 6.09 Å². The Labute approximate surface area is 167 Å². The highest BCUT2D eigenvalue weighted by molar-refractivity contribution is 7.15. The molecule has 0 saturated carbocycles. The number of hydrogen-bond donors (Lipinski definition) is 1. The van der Waals surface area contributed by atoms with E-state index in [0.29, 0.717) is 43.6 Å². The van der Waals surface area contributed by atoms with Gasteiger partial charge in [-0.05, 0) is 38.1 Å². The van der Waals surface area contributed by atoms with Crippen LogP contribution in [0.3, 0.4) is 0 Å². The van der Waals surface area contributed by atoms with Crippen molar-refractivity contribution >= 4 is 28.5 Å². The number of amides is 2. The Bertz CT molecular complexity index is 821. The minimum absolute atomic E-state index is 0.118. The lowest BCUT2D eigenvalue weighted by Crippen LogP contribution is -2.35. The normalized spacial score (nSPS) is 12.9. The van der Waals surface area contributed by atoms with Gasteiger partial charge in [-0.15, -0.1) is 0 Å². The molecule has 150 valence electrons. The lowest BCUT2D eigenvalue weighted by atomic mass is 10.2. The van der Waals surface area contributed by atoms with Gasteiger partial charge in [0.05, 0.1) is 25.5 Å². The van der Waals surface area contributed by atoms with Crippen molar-refractivity contribution in [1.82, 2.24) is 9.88 Å². The van der Waals surface area contributed by atoms with Crippen LogP contribution in [0.1, 0.15) is 24.4 Å². The first kappa shape index (κ1) is 19.9. The van der Waals surface area contributed by atoms with Crippen molar-refractivity contribution in [3.63, 3.8) is 0 Å². The number of benzene rings is 1. The lowest BCUT2D eigenvalue weighted by Gasteiger charge is -2.24. The smallest absolute Gasteiger partial charge is 0.410 e. The van der Waals surface area contributed by atoms with Crippen molar-refractivity contribution in [2.24, 2.45) is 0 Å². The van der Waals surface area contributed by atoms with Gasteiger partial charge in [0.1, 0.15) is 11.5 Å². The molecule has 28 heavy (non-hydrogen) atoms. The summed E-state index contributed by atoms with van der Waals surface area (Å²) in [5.41, 5.74) is 0.910.